The second-order valence-corrected chi connectivity index (χ2v) is 4.04. The van der Waals surface area contributed by atoms with Crippen LogP contribution in [0.15, 0.2) is 60.9 Å². The van der Waals surface area contributed by atoms with E-state index in [9.17, 15) is 0 Å². The summed E-state index contributed by atoms with van der Waals surface area (Å²) in [6.45, 7) is 0. The lowest BCUT2D eigenvalue weighted by atomic mass is 10.1. The Hall–Kier alpha value is -2.86. The van der Waals surface area contributed by atoms with Gasteiger partial charge in [0.05, 0.1) is 11.9 Å². The first kappa shape index (κ1) is 11.2. The number of rotatable bonds is 2. The number of hydrogen-bond acceptors (Lipinski definition) is 2. The summed E-state index contributed by atoms with van der Waals surface area (Å²) in [5, 5.41) is 4.32. The maximum absolute atomic E-state index is 5.36. The lowest BCUT2D eigenvalue weighted by molar-refractivity contribution is 0.854. The quantitative estimate of drug-likeness (QED) is 0.650. The molecular formula is C16H11N3. The monoisotopic (exact) mass is 245 g/mol. The van der Waals surface area contributed by atoms with Crippen LogP contribution in [-0.4, -0.2) is 14.8 Å². The molecule has 90 valence electrons. The number of pyridine rings is 1. The molecule has 2 heterocycles. The number of hydrogen-bond donors (Lipinski definition) is 0. The first-order valence-corrected chi connectivity index (χ1v) is 5.91. The maximum atomic E-state index is 5.36. The van der Waals surface area contributed by atoms with E-state index in [4.69, 9.17) is 6.42 Å². The number of nitrogens with zero attached hydrogens (tertiary/aromatic N) is 3. The molecule has 0 aliphatic carbocycles. The molecule has 1 aromatic carbocycles. The third-order valence-electron chi connectivity index (χ3n) is 2.86. The van der Waals surface area contributed by atoms with E-state index in [2.05, 4.69) is 16.0 Å². The second-order valence-electron chi connectivity index (χ2n) is 4.04. The van der Waals surface area contributed by atoms with E-state index in [1.165, 1.54) is 0 Å². The molecule has 0 aliphatic heterocycles. The average Bonchev–Trinajstić information content (AvgIpc) is 2.98. The Balaban J connectivity index is 2.07. The first-order valence-electron chi connectivity index (χ1n) is 5.91. The van der Waals surface area contributed by atoms with Gasteiger partial charge in [-0.2, -0.15) is 5.10 Å². The summed E-state index contributed by atoms with van der Waals surface area (Å²) in [6.07, 6.45) is 8.88. The Morgan fingerprint density at radius 1 is 0.947 bits per heavy atom. The fourth-order valence-corrected chi connectivity index (χ4v) is 1.92. The average molecular weight is 245 g/mol. The van der Waals surface area contributed by atoms with Crippen molar-refractivity contribution in [3.8, 4) is 29.4 Å². The summed E-state index contributed by atoms with van der Waals surface area (Å²) in [5.74, 6) is 3.41. The van der Waals surface area contributed by atoms with Crippen LogP contribution < -0.4 is 0 Å². The van der Waals surface area contributed by atoms with Gasteiger partial charge in [-0.15, -0.1) is 6.42 Å². The number of terminal acetylenes is 1. The normalized spacial score (nSPS) is 10.1. The zero-order chi connectivity index (χ0) is 13.1. The highest BCUT2D eigenvalue weighted by Gasteiger charge is 2.07. The highest BCUT2D eigenvalue weighted by molar-refractivity contribution is 5.62. The van der Waals surface area contributed by atoms with Gasteiger partial charge in [0.15, 0.2) is 5.82 Å². The van der Waals surface area contributed by atoms with E-state index in [0.717, 1.165) is 22.6 Å². The van der Waals surface area contributed by atoms with Crippen molar-refractivity contribution in [2.75, 3.05) is 0 Å². The molecule has 0 bridgehead atoms. The Labute approximate surface area is 111 Å². The van der Waals surface area contributed by atoms with Crippen molar-refractivity contribution >= 4 is 0 Å². The SMILES string of the molecule is C#Cc1ccc(-c2ccnn2-c2ccccn2)cc1. The molecule has 0 saturated heterocycles. The molecule has 0 atom stereocenters. The molecule has 0 saturated carbocycles. The van der Waals surface area contributed by atoms with Crippen LogP contribution in [0.4, 0.5) is 0 Å². The van der Waals surface area contributed by atoms with E-state index in [1.807, 2.05) is 53.2 Å². The fraction of sp³-hybridized carbons (Fsp3) is 0. The van der Waals surface area contributed by atoms with Crippen LogP contribution in [0.3, 0.4) is 0 Å². The molecule has 0 fully saturated rings. The molecule has 3 nitrogen and oxygen atoms in total. The van der Waals surface area contributed by atoms with Gasteiger partial charge >= 0.3 is 0 Å². The summed E-state index contributed by atoms with van der Waals surface area (Å²) >= 11 is 0. The van der Waals surface area contributed by atoms with Crippen LogP contribution in [0.25, 0.3) is 17.1 Å². The molecule has 19 heavy (non-hydrogen) atoms. The van der Waals surface area contributed by atoms with Gasteiger partial charge in [0.25, 0.3) is 0 Å². The third-order valence-corrected chi connectivity index (χ3v) is 2.86. The minimum atomic E-state index is 0.795. The summed E-state index contributed by atoms with van der Waals surface area (Å²) < 4.78 is 1.81. The number of benzene rings is 1. The summed E-state index contributed by atoms with van der Waals surface area (Å²) in [5.41, 5.74) is 2.91. The summed E-state index contributed by atoms with van der Waals surface area (Å²) in [7, 11) is 0. The van der Waals surface area contributed by atoms with Crippen molar-refractivity contribution in [3.63, 3.8) is 0 Å². The van der Waals surface area contributed by atoms with E-state index >= 15 is 0 Å². The van der Waals surface area contributed by atoms with Gasteiger partial charge in [0.2, 0.25) is 0 Å². The van der Waals surface area contributed by atoms with Gasteiger partial charge in [-0.1, -0.05) is 24.1 Å². The molecule has 0 aliphatic rings. The smallest absolute Gasteiger partial charge is 0.153 e. The van der Waals surface area contributed by atoms with Crippen LogP contribution in [0.1, 0.15) is 5.56 Å². The summed E-state index contributed by atoms with van der Waals surface area (Å²) in [4.78, 5) is 4.31. The van der Waals surface area contributed by atoms with Crippen LogP contribution in [0.2, 0.25) is 0 Å². The first-order chi connectivity index (χ1) is 9.38. The van der Waals surface area contributed by atoms with Crippen molar-refractivity contribution in [1.82, 2.24) is 14.8 Å². The molecule has 3 heteroatoms. The van der Waals surface area contributed by atoms with Crippen LogP contribution >= 0.6 is 0 Å². The largest absolute Gasteiger partial charge is 0.237 e. The van der Waals surface area contributed by atoms with Gasteiger partial charge in [-0.25, -0.2) is 9.67 Å². The maximum Gasteiger partial charge on any atom is 0.153 e. The van der Waals surface area contributed by atoms with Crippen LogP contribution in [-0.2, 0) is 0 Å². The van der Waals surface area contributed by atoms with Crippen molar-refractivity contribution < 1.29 is 0 Å². The molecule has 0 unspecified atom stereocenters. The van der Waals surface area contributed by atoms with Crippen molar-refractivity contribution in [1.29, 1.82) is 0 Å². The van der Waals surface area contributed by atoms with Crippen LogP contribution in [0, 0.1) is 12.3 Å². The van der Waals surface area contributed by atoms with Crippen molar-refractivity contribution in [2.45, 2.75) is 0 Å². The van der Waals surface area contributed by atoms with Gasteiger partial charge in [0, 0.05) is 17.3 Å². The van der Waals surface area contributed by atoms with Gasteiger partial charge in [0.1, 0.15) is 0 Å². The molecule has 3 rings (SSSR count). The standard InChI is InChI=1S/C16H11N3/c1-2-13-6-8-14(9-7-13)15-10-12-18-19(15)16-5-3-4-11-17-16/h1,3-12H. The third kappa shape index (κ3) is 2.12. The predicted molar refractivity (Wildman–Crippen MR) is 74.7 cm³/mol. The summed E-state index contributed by atoms with van der Waals surface area (Å²) in [6, 6.07) is 15.5. The zero-order valence-corrected chi connectivity index (χ0v) is 10.2. The highest BCUT2D eigenvalue weighted by atomic mass is 15.3. The van der Waals surface area contributed by atoms with Gasteiger partial charge < -0.3 is 0 Å². The van der Waals surface area contributed by atoms with Crippen LogP contribution in [0.5, 0.6) is 0 Å². The predicted octanol–water partition coefficient (Wildman–Crippen LogP) is 2.92. The second kappa shape index (κ2) is 4.79. The molecule has 0 radical (unpaired) electrons. The molecule has 0 N–H and O–H groups in total. The topological polar surface area (TPSA) is 30.7 Å². The van der Waals surface area contributed by atoms with E-state index < -0.39 is 0 Å². The van der Waals surface area contributed by atoms with E-state index in [0.29, 0.717) is 0 Å². The van der Waals surface area contributed by atoms with E-state index in [-0.39, 0.29) is 0 Å². The Morgan fingerprint density at radius 2 is 1.79 bits per heavy atom. The molecule has 0 amide bonds. The minimum Gasteiger partial charge on any atom is -0.237 e. The fourth-order valence-electron chi connectivity index (χ4n) is 1.92. The lowest BCUT2D eigenvalue weighted by Gasteiger charge is -2.06. The van der Waals surface area contributed by atoms with E-state index in [1.54, 1.807) is 12.4 Å². The zero-order valence-electron chi connectivity index (χ0n) is 10.2. The molecule has 2 aromatic heterocycles. The van der Waals surface area contributed by atoms with Crippen molar-refractivity contribution in [2.24, 2.45) is 0 Å². The molecule has 0 spiro atoms. The Bertz CT molecular complexity index is 719. The number of aromatic nitrogens is 3. The highest BCUT2D eigenvalue weighted by Crippen LogP contribution is 2.21. The van der Waals surface area contributed by atoms with Gasteiger partial charge in [-0.05, 0) is 30.3 Å². The Morgan fingerprint density at radius 3 is 2.47 bits per heavy atom. The molecule has 3 aromatic rings. The van der Waals surface area contributed by atoms with Gasteiger partial charge in [-0.3, -0.25) is 0 Å². The van der Waals surface area contributed by atoms with Crippen molar-refractivity contribution in [3.05, 3.63) is 66.5 Å². The minimum absolute atomic E-state index is 0.795. The Kier molecular flexibility index (Phi) is 2.83. The lowest BCUT2D eigenvalue weighted by Crippen LogP contribution is -2.00. The molecular weight excluding hydrogens is 234 g/mol.